The molecule has 1 aliphatic carbocycles. The van der Waals surface area contributed by atoms with Gasteiger partial charge in [0.05, 0.1) is 28.4 Å². The maximum Gasteiger partial charge on any atom is 0.349 e. The summed E-state index contributed by atoms with van der Waals surface area (Å²) in [5.74, 6) is 1.22. The summed E-state index contributed by atoms with van der Waals surface area (Å²) in [5.41, 5.74) is 1.80. The first-order valence-corrected chi connectivity index (χ1v) is 13.7. The molecule has 12 heteroatoms. The lowest BCUT2D eigenvalue weighted by Gasteiger charge is -2.33. The van der Waals surface area contributed by atoms with Crippen molar-refractivity contribution < 1.29 is 9.26 Å². The Morgan fingerprint density at radius 2 is 1.70 bits per heavy atom. The zero-order valence-electron chi connectivity index (χ0n) is 21.3. The number of nitriles is 1. The standard InChI is InChI=1S/C28H24Cl2N6O4/c29-21-2-1-3-22(30)24(21)25-20(26(40-34-25)16-4-5-16)15-39-19-10-12-35(13-11-19)17-6-8-18(9-7-17)36-28(38)32-27(37)23(14-31)33-36/h1-3,6-9,16,19H,4-5,10-13,15H2,(H,32,37,38). The highest BCUT2D eigenvalue weighted by Gasteiger charge is 2.34. The van der Waals surface area contributed by atoms with Gasteiger partial charge in [-0.25, -0.2) is 4.79 Å². The number of rotatable bonds is 7. The first-order chi connectivity index (χ1) is 19.4. The number of aromatic amines is 1. The molecule has 0 amide bonds. The van der Waals surface area contributed by atoms with Crippen LogP contribution in [0.15, 0.2) is 56.6 Å². The Labute approximate surface area is 238 Å². The van der Waals surface area contributed by atoms with Crippen molar-refractivity contribution in [1.29, 1.82) is 5.26 Å². The number of nitrogens with zero attached hydrogens (tertiary/aromatic N) is 5. The van der Waals surface area contributed by atoms with Gasteiger partial charge in [0.2, 0.25) is 5.69 Å². The molecule has 2 fully saturated rings. The van der Waals surface area contributed by atoms with Gasteiger partial charge < -0.3 is 14.2 Å². The second-order valence-electron chi connectivity index (χ2n) is 9.89. The van der Waals surface area contributed by atoms with Gasteiger partial charge in [0.25, 0.3) is 5.56 Å². The van der Waals surface area contributed by atoms with Crippen LogP contribution in [0.4, 0.5) is 5.69 Å². The molecule has 2 aromatic heterocycles. The van der Waals surface area contributed by atoms with Gasteiger partial charge in [-0.15, -0.1) is 5.10 Å². The van der Waals surface area contributed by atoms with Gasteiger partial charge in [0.1, 0.15) is 17.5 Å². The Bertz CT molecular complexity index is 1690. The van der Waals surface area contributed by atoms with E-state index in [0.717, 1.165) is 60.5 Å². The smallest absolute Gasteiger partial charge is 0.349 e. The molecule has 0 atom stereocenters. The third-order valence-corrected chi connectivity index (χ3v) is 7.89. The second-order valence-corrected chi connectivity index (χ2v) is 10.7. The van der Waals surface area contributed by atoms with E-state index in [2.05, 4.69) is 20.1 Å². The number of hydrogen-bond donors (Lipinski definition) is 1. The molecule has 1 saturated heterocycles. The molecule has 10 nitrogen and oxygen atoms in total. The number of halogens is 2. The molecule has 1 aliphatic heterocycles. The Kier molecular flexibility index (Phi) is 7.19. The minimum atomic E-state index is -0.804. The topological polar surface area (TPSA) is 130 Å². The monoisotopic (exact) mass is 578 g/mol. The molecule has 204 valence electrons. The van der Waals surface area contributed by atoms with Crippen LogP contribution in [-0.2, 0) is 11.3 Å². The van der Waals surface area contributed by atoms with Crippen molar-refractivity contribution in [1.82, 2.24) is 19.9 Å². The summed E-state index contributed by atoms with van der Waals surface area (Å²) in [6, 6.07) is 14.3. The van der Waals surface area contributed by atoms with Crippen LogP contribution in [0.2, 0.25) is 10.0 Å². The first kappa shape index (κ1) is 26.3. The fraction of sp³-hybridized carbons (Fsp3) is 0.321. The van der Waals surface area contributed by atoms with Gasteiger partial charge in [0, 0.05) is 35.8 Å². The summed E-state index contributed by atoms with van der Waals surface area (Å²) >= 11 is 13.0. The Morgan fingerprint density at radius 1 is 1.02 bits per heavy atom. The van der Waals surface area contributed by atoms with Crippen LogP contribution in [0.1, 0.15) is 48.6 Å². The summed E-state index contributed by atoms with van der Waals surface area (Å²) in [5, 5.41) is 18.3. The molecule has 0 unspecified atom stereocenters. The van der Waals surface area contributed by atoms with Gasteiger partial charge in [-0.3, -0.25) is 9.78 Å². The molecule has 3 heterocycles. The van der Waals surface area contributed by atoms with Crippen molar-refractivity contribution in [3.63, 3.8) is 0 Å². The number of H-pyrrole nitrogens is 1. The van der Waals surface area contributed by atoms with Gasteiger partial charge in [0.15, 0.2) is 0 Å². The molecule has 1 saturated carbocycles. The maximum absolute atomic E-state index is 12.2. The lowest BCUT2D eigenvalue weighted by molar-refractivity contribution is 0.0246. The summed E-state index contributed by atoms with van der Waals surface area (Å²) in [6.45, 7) is 1.96. The number of hydrogen-bond acceptors (Lipinski definition) is 8. The summed E-state index contributed by atoms with van der Waals surface area (Å²) in [4.78, 5) is 28.1. The Balaban J connectivity index is 1.12. The van der Waals surface area contributed by atoms with Gasteiger partial charge in [-0.2, -0.15) is 9.94 Å². The molecule has 0 bridgehead atoms. The van der Waals surface area contributed by atoms with Crippen LogP contribution in [-0.4, -0.2) is 39.1 Å². The summed E-state index contributed by atoms with van der Waals surface area (Å²) in [7, 11) is 0. The van der Waals surface area contributed by atoms with Crippen molar-refractivity contribution in [3.05, 3.63) is 90.4 Å². The van der Waals surface area contributed by atoms with Gasteiger partial charge in [-0.05, 0) is 62.1 Å². The van der Waals surface area contributed by atoms with Crippen LogP contribution >= 0.6 is 23.2 Å². The summed E-state index contributed by atoms with van der Waals surface area (Å²) < 4.78 is 13.1. The molecule has 4 aromatic rings. The normalized spacial score (nSPS) is 15.8. The highest BCUT2D eigenvalue weighted by atomic mass is 35.5. The fourth-order valence-corrected chi connectivity index (χ4v) is 5.56. The van der Waals surface area contributed by atoms with Crippen LogP contribution in [0, 0.1) is 11.3 Å². The molecular formula is C28H24Cl2N6O4. The minimum Gasteiger partial charge on any atom is -0.373 e. The number of aromatic nitrogens is 4. The molecule has 0 spiro atoms. The third kappa shape index (κ3) is 5.16. The first-order valence-electron chi connectivity index (χ1n) is 13.0. The van der Waals surface area contributed by atoms with E-state index in [1.165, 1.54) is 0 Å². The van der Waals surface area contributed by atoms with E-state index in [-0.39, 0.29) is 11.8 Å². The number of benzene rings is 2. The molecular weight excluding hydrogens is 555 g/mol. The van der Waals surface area contributed by atoms with Crippen molar-refractivity contribution in [3.8, 4) is 23.0 Å². The van der Waals surface area contributed by atoms with E-state index < -0.39 is 11.2 Å². The number of anilines is 1. The van der Waals surface area contributed by atoms with E-state index in [9.17, 15) is 9.59 Å². The number of piperidine rings is 1. The van der Waals surface area contributed by atoms with E-state index in [1.54, 1.807) is 36.4 Å². The Hall–Kier alpha value is -3.91. The van der Waals surface area contributed by atoms with Gasteiger partial charge in [-0.1, -0.05) is 34.4 Å². The maximum atomic E-state index is 12.2. The average Bonchev–Trinajstić information content (AvgIpc) is 3.72. The zero-order valence-corrected chi connectivity index (χ0v) is 22.8. The van der Waals surface area contributed by atoms with E-state index in [4.69, 9.17) is 37.7 Å². The molecule has 6 rings (SSSR count). The van der Waals surface area contributed by atoms with E-state index in [0.29, 0.717) is 39.5 Å². The average molecular weight is 579 g/mol. The minimum absolute atomic E-state index is 0.0698. The SMILES string of the molecule is N#Cc1nn(-c2ccc(N3CCC(OCc4c(-c5c(Cl)cccc5Cl)noc4C4CC4)CC3)cc2)c(=O)[nH]c1=O. The zero-order chi connectivity index (χ0) is 27.8. The van der Waals surface area contributed by atoms with Crippen LogP contribution in [0.5, 0.6) is 0 Å². The summed E-state index contributed by atoms with van der Waals surface area (Å²) in [6.07, 6.45) is 3.88. The largest absolute Gasteiger partial charge is 0.373 e. The van der Waals surface area contributed by atoms with Crippen LogP contribution < -0.4 is 16.1 Å². The van der Waals surface area contributed by atoms with Crippen LogP contribution in [0.3, 0.4) is 0 Å². The highest BCUT2D eigenvalue weighted by Crippen LogP contribution is 2.46. The van der Waals surface area contributed by atoms with E-state index >= 15 is 0 Å². The molecule has 0 radical (unpaired) electrons. The van der Waals surface area contributed by atoms with Crippen molar-refractivity contribution in [2.75, 3.05) is 18.0 Å². The van der Waals surface area contributed by atoms with Gasteiger partial charge >= 0.3 is 5.69 Å². The van der Waals surface area contributed by atoms with Crippen molar-refractivity contribution in [2.24, 2.45) is 0 Å². The molecule has 2 aliphatic rings. The molecule has 2 aromatic carbocycles. The van der Waals surface area contributed by atoms with Crippen LogP contribution in [0.25, 0.3) is 16.9 Å². The Morgan fingerprint density at radius 3 is 2.35 bits per heavy atom. The highest BCUT2D eigenvalue weighted by molar-refractivity contribution is 6.39. The second kappa shape index (κ2) is 10.9. The quantitative estimate of drug-likeness (QED) is 0.330. The number of nitrogens with one attached hydrogen (secondary N) is 1. The predicted molar refractivity (Wildman–Crippen MR) is 149 cm³/mol. The molecule has 40 heavy (non-hydrogen) atoms. The molecule has 1 N–H and O–H groups in total. The lowest BCUT2D eigenvalue weighted by Crippen LogP contribution is -2.37. The van der Waals surface area contributed by atoms with Crippen molar-refractivity contribution in [2.45, 2.75) is 44.3 Å². The third-order valence-electron chi connectivity index (χ3n) is 7.26. The fourth-order valence-electron chi connectivity index (χ4n) is 4.98. The lowest BCUT2D eigenvalue weighted by atomic mass is 10.0. The van der Waals surface area contributed by atoms with Crippen molar-refractivity contribution >= 4 is 28.9 Å². The number of ether oxygens (including phenoxy) is 1. The van der Waals surface area contributed by atoms with E-state index in [1.807, 2.05) is 12.1 Å². The predicted octanol–water partition coefficient (Wildman–Crippen LogP) is 4.82.